The van der Waals surface area contributed by atoms with Gasteiger partial charge in [-0.25, -0.2) is 0 Å². The van der Waals surface area contributed by atoms with Gasteiger partial charge in [0.2, 0.25) is 0 Å². The summed E-state index contributed by atoms with van der Waals surface area (Å²) in [5.41, 5.74) is 6.51. The molecular formula is C14H20N2O2. The highest BCUT2D eigenvalue weighted by molar-refractivity contribution is 5.94. The molecule has 0 atom stereocenters. The molecule has 0 radical (unpaired) electrons. The first kappa shape index (κ1) is 12.9. The van der Waals surface area contributed by atoms with Crippen molar-refractivity contribution in [2.75, 3.05) is 19.7 Å². The quantitative estimate of drug-likeness (QED) is 0.803. The summed E-state index contributed by atoms with van der Waals surface area (Å²) in [4.78, 5) is 11.9. The molecule has 1 aliphatic rings. The van der Waals surface area contributed by atoms with Crippen LogP contribution in [-0.2, 0) is 0 Å². The fourth-order valence-corrected chi connectivity index (χ4v) is 1.87. The summed E-state index contributed by atoms with van der Waals surface area (Å²) in [5, 5.41) is 2.94. The van der Waals surface area contributed by atoms with Crippen LogP contribution in [0.4, 0.5) is 0 Å². The number of ether oxygens (including phenoxy) is 1. The Morgan fingerprint density at radius 3 is 2.56 bits per heavy atom. The zero-order chi connectivity index (χ0) is 13.0. The molecule has 0 saturated heterocycles. The standard InChI is InChI=1S/C14H20N2O2/c1-2-18-12-5-3-11(4-6-12)13(17)16-10-14(9-15)7-8-14/h3-6H,2,7-10,15H2,1H3,(H,16,17). The summed E-state index contributed by atoms with van der Waals surface area (Å²) < 4.78 is 5.33. The Bertz CT molecular complexity index is 410. The molecule has 98 valence electrons. The van der Waals surface area contributed by atoms with Crippen molar-refractivity contribution < 1.29 is 9.53 Å². The maximum absolute atomic E-state index is 11.9. The molecule has 1 amide bonds. The highest BCUT2D eigenvalue weighted by Gasteiger charge is 2.41. The largest absolute Gasteiger partial charge is 0.494 e. The van der Waals surface area contributed by atoms with Gasteiger partial charge >= 0.3 is 0 Å². The molecule has 2 rings (SSSR count). The van der Waals surface area contributed by atoms with Crippen LogP contribution in [0.5, 0.6) is 5.75 Å². The van der Waals surface area contributed by atoms with Crippen molar-refractivity contribution in [3.8, 4) is 5.75 Å². The molecule has 0 spiro atoms. The molecule has 1 saturated carbocycles. The number of benzene rings is 1. The first-order valence-corrected chi connectivity index (χ1v) is 6.40. The number of carbonyl (C=O) groups is 1. The van der Waals surface area contributed by atoms with Gasteiger partial charge in [0.1, 0.15) is 5.75 Å². The molecule has 4 heteroatoms. The van der Waals surface area contributed by atoms with E-state index in [4.69, 9.17) is 10.5 Å². The molecule has 1 aromatic rings. The fourth-order valence-electron chi connectivity index (χ4n) is 1.87. The van der Waals surface area contributed by atoms with Crippen LogP contribution in [0.15, 0.2) is 24.3 Å². The van der Waals surface area contributed by atoms with Gasteiger partial charge in [0.05, 0.1) is 6.61 Å². The fraction of sp³-hybridized carbons (Fsp3) is 0.500. The third-order valence-corrected chi connectivity index (χ3v) is 3.44. The zero-order valence-electron chi connectivity index (χ0n) is 10.7. The molecule has 1 fully saturated rings. The van der Waals surface area contributed by atoms with Crippen molar-refractivity contribution in [1.82, 2.24) is 5.32 Å². The Hall–Kier alpha value is -1.55. The first-order valence-electron chi connectivity index (χ1n) is 6.40. The summed E-state index contributed by atoms with van der Waals surface area (Å²) in [5.74, 6) is 0.743. The Kier molecular flexibility index (Phi) is 3.87. The maximum atomic E-state index is 11.9. The second-order valence-electron chi connectivity index (χ2n) is 4.84. The average molecular weight is 248 g/mol. The first-order chi connectivity index (χ1) is 8.69. The van der Waals surface area contributed by atoms with E-state index >= 15 is 0 Å². The lowest BCUT2D eigenvalue weighted by Crippen LogP contribution is -2.33. The van der Waals surface area contributed by atoms with Crippen molar-refractivity contribution in [2.24, 2.45) is 11.1 Å². The van der Waals surface area contributed by atoms with E-state index in [1.165, 1.54) is 0 Å². The van der Waals surface area contributed by atoms with Gasteiger partial charge in [0.15, 0.2) is 0 Å². The highest BCUT2D eigenvalue weighted by atomic mass is 16.5. The Balaban J connectivity index is 1.88. The van der Waals surface area contributed by atoms with E-state index in [1.54, 1.807) is 12.1 Å². The topological polar surface area (TPSA) is 64.3 Å². The lowest BCUT2D eigenvalue weighted by atomic mass is 10.1. The second-order valence-corrected chi connectivity index (χ2v) is 4.84. The van der Waals surface area contributed by atoms with Crippen molar-refractivity contribution in [2.45, 2.75) is 19.8 Å². The van der Waals surface area contributed by atoms with E-state index in [0.29, 0.717) is 25.3 Å². The summed E-state index contributed by atoms with van der Waals surface area (Å²) in [6, 6.07) is 7.19. The number of amides is 1. The van der Waals surface area contributed by atoms with E-state index in [2.05, 4.69) is 5.32 Å². The van der Waals surface area contributed by atoms with Crippen LogP contribution in [0, 0.1) is 5.41 Å². The number of hydrogen-bond acceptors (Lipinski definition) is 3. The van der Waals surface area contributed by atoms with E-state index in [0.717, 1.165) is 18.6 Å². The third kappa shape index (κ3) is 3.01. The number of nitrogens with one attached hydrogen (secondary N) is 1. The Labute approximate surface area is 108 Å². The molecule has 1 aromatic carbocycles. The molecule has 18 heavy (non-hydrogen) atoms. The van der Waals surface area contributed by atoms with E-state index in [1.807, 2.05) is 19.1 Å². The van der Waals surface area contributed by atoms with Crippen LogP contribution in [0.2, 0.25) is 0 Å². The summed E-state index contributed by atoms with van der Waals surface area (Å²) in [6.07, 6.45) is 2.24. The highest BCUT2D eigenvalue weighted by Crippen LogP contribution is 2.43. The van der Waals surface area contributed by atoms with Crippen LogP contribution >= 0.6 is 0 Å². The smallest absolute Gasteiger partial charge is 0.251 e. The average Bonchev–Trinajstić information content (AvgIpc) is 3.18. The minimum absolute atomic E-state index is 0.0437. The molecular weight excluding hydrogens is 228 g/mol. The molecule has 1 aliphatic carbocycles. The van der Waals surface area contributed by atoms with Crippen molar-refractivity contribution >= 4 is 5.91 Å². The summed E-state index contributed by atoms with van der Waals surface area (Å²) in [6.45, 7) is 3.89. The number of nitrogens with two attached hydrogens (primary N) is 1. The lowest BCUT2D eigenvalue weighted by Gasteiger charge is -2.13. The molecule has 0 aliphatic heterocycles. The van der Waals surface area contributed by atoms with Gasteiger partial charge in [0.25, 0.3) is 5.91 Å². The third-order valence-electron chi connectivity index (χ3n) is 3.44. The zero-order valence-corrected chi connectivity index (χ0v) is 10.7. The lowest BCUT2D eigenvalue weighted by molar-refractivity contribution is 0.0945. The van der Waals surface area contributed by atoms with Crippen LogP contribution in [-0.4, -0.2) is 25.6 Å². The molecule has 0 heterocycles. The Morgan fingerprint density at radius 2 is 2.06 bits per heavy atom. The van der Waals surface area contributed by atoms with Crippen LogP contribution < -0.4 is 15.8 Å². The van der Waals surface area contributed by atoms with E-state index in [-0.39, 0.29) is 11.3 Å². The van der Waals surface area contributed by atoms with Gasteiger partial charge in [-0.15, -0.1) is 0 Å². The molecule has 0 unspecified atom stereocenters. The van der Waals surface area contributed by atoms with Gasteiger partial charge < -0.3 is 15.8 Å². The number of rotatable bonds is 6. The predicted molar refractivity (Wildman–Crippen MR) is 70.7 cm³/mol. The van der Waals surface area contributed by atoms with Crippen LogP contribution in [0.1, 0.15) is 30.1 Å². The Morgan fingerprint density at radius 1 is 1.39 bits per heavy atom. The molecule has 3 N–H and O–H groups in total. The van der Waals surface area contributed by atoms with Crippen molar-refractivity contribution in [3.63, 3.8) is 0 Å². The molecule has 4 nitrogen and oxygen atoms in total. The van der Waals surface area contributed by atoms with Gasteiger partial charge in [0, 0.05) is 17.5 Å². The second kappa shape index (κ2) is 5.40. The van der Waals surface area contributed by atoms with Gasteiger partial charge in [-0.2, -0.15) is 0 Å². The molecule has 0 aromatic heterocycles. The summed E-state index contributed by atoms with van der Waals surface area (Å²) in [7, 11) is 0. The van der Waals surface area contributed by atoms with Crippen molar-refractivity contribution in [1.29, 1.82) is 0 Å². The SMILES string of the molecule is CCOc1ccc(C(=O)NCC2(CN)CC2)cc1. The van der Waals surface area contributed by atoms with Gasteiger partial charge in [-0.1, -0.05) is 0 Å². The van der Waals surface area contributed by atoms with Crippen LogP contribution in [0.3, 0.4) is 0 Å². The minimum Gasteiger partial charge on any atom is -0.494 e. The predicted octanol–water partition coefficient (Wildman–Crippen LogP) is 1.55. The number of hydrogen-bond donors (Lipinski definition) is 2. The van der Waals surface area contributed by atoms with Gasteiger partial charge in [-0.05, 0) is 50.6 Å². The monoisotopic (exact) mass is 248 g/mol. The van der Waals surface area contributed by atoms with Gasteiger partial charge in [-0.3, -0.25) is 4.79 Å². The number of carbonyl (C=O) groups excluding carboxylic acids is 1. The van der Waals surface area contributed by atoms with Crippen molar-refractivity contribution in [3.05, 3.63) is 29.8 Å². The normalized spacial score (nSPS) is 16.1. The maximum Gasteiger partial charge on any atom is 0.251 e. The molecule has 0 bridgehead atoms. The van der Waals surface area contributed by atoms with E-state index < -0.39 is 0 Å². The van der Waals surface area contributed by atoms with E-state index in [9.17, 15) is 4.79 Å². The minimum atomic E-state index is -0.0437. The summed E-state index contributed by atoms with van der Waals surface area (Å²) >= 11 is 0. The van der Waals surface area contributed by atoms with Crippen LogP contribution in [0.25, 0.3) is 0 Å².